The molecule has 0 fully saturated rings. The number of alkyl halides is 3. The Morgan fingerprint density at radius 1 is 0.861 bits per heavy atom. The summed E-state index contributed by atoms with van der Waals surface area (Å²) in [5.74, 6) is 0. The van der Waals surface area contributed by atoms with Crippen molar-refractivity contribution in [2.45, 2.75) is 90.3 Å². The number of benzene rings is 2. The second kappa shape index (κ2) is 14.0. The Bertz CT molecular complexity index is 1080. The quantitative estimate of drug-likeness (QED) is 0.193. The molecule has 0 aliphatic rings. The lowest BCUT2D eigenvalue weighted by molar-refractivity contribution is -0.137. The molecule has 0 bridgehead atoms. The largest absolute Gasteiger partial charge is 0.416 e. The Hall–Kier alpha value is -1.34. The number of thiophene rings is 1. The molecule has 1 N–H and O–H groups in total. The van der Waals surface area contributed by atoms with Gasteiger partial charge >= 0.3 is 6.18 Å². The normalized spacial score (nSPS) is 13.3. The highest BCUT2D eigenvalue weighted by Crippen LogP contribution is 2.41. The zero-order valence-electron chi connectivity index (χ0n) is 21.5. The molecule has 0 amide bonds. The molecule has 3 aromatic rings. The van der Waals surface area contributed by atoms with Gasteiger partial charge in [-0.25, -0.2) is 0 Å². The SMILES string of the molecule is CCCCCCCN(CCCCCCC)CC(O)c1cc2ccc(C(F)(F)F)cc2c2cc(Cl)sc12. The minimum absolute atomic E-state index is 0.507. The molecule has 36 heavy (non-hydrogen) atoms. The first-order valence-electron chi connectivity index (χ1n) is 13.4. The van der Waals surface area contributed by atoms with Gasteiger partial charge < -0.3 is 10.0 Å². The molecule has 0 radical (unpaired) electrons. The molecule has 0 saturated heterocycles. The van der Waals surface area contributed by atoms with Gasteiger partial charge in [0.2, 0.25) is 0 Å². The molecule has 0 saturated carbocycles. The van der Waals surface area contributed by atoms with Crippen LogP contribution in [-0.2, 0) is 6.18 Å². The van der Waals surface area contributed by atoms with Crippen LogP contribution in [0.4, 0.5) is 13.2 Å². The van der Waals surface area contributed by atoms with Crippen LogP contribution in [0.25, 0.3) is 20.9 Å². The summed E-state index contributed by atoms with van der Waals surface area (Å²) >= 11 is 7.64. The fourth-order valence-corrected chi connectivity index (χ4v) is 6.17. The van der Waals surface area contributed by atoms with E-state index in [1.54, 1.807) is 6.07 Å². The van der Waals surface area contributed by atoms with E-state index in [9.17, 15) is 18.3 Å². The molecule has 0 spiro atoms. The van der Waals surface area contributed by atoms with Gasteiger partial charge in [-0.3, -0.25) is 0 Å². The van der Waals surface area contributed by atoms with Crippen molar-refractivity contribution in [3.63, 3.8) is 0 Å². The third-order valence-electron chi connectivity index (χ3n) is 6.89. The number of halogens is 4. The van der Waals surface area contributed by atoms with E-state index in [0.717, 1.165) is 42.3 Å². The van der Waals surface area contributed by atoms with Gasteiger partial charge in [-0.15, -0.1) is 11.3 Å². The maximum atomic E-state index is 13.3. The maximum Gasteiger partial charge on any atom is 0.416 e. The zero-order chi connectivity index (χ0) is 26.1. The smallest absolute Gasteiger partial charge is 0.387 e. The van der Waals surface area contributed by atoms with Crippen molar-refractivity contribution in [3.05, 3.63) is 45.8 Å². The number of nitrogens with zero attached hydrogens (tertiary/aromatic N) is 1. The first-order chi connectivity index (χ1) is 17.2. The Morgan fingerprint density at radius 3 is 2.06 bits per heavy atom. The van der Waals surface area contributed by atoms with Gasteiger partial charge in [-0.05, 0) is 61.0 Å². The average Bonchev–Trinajstić information content (AvgIpc) is 3.23. The Balaban J connectivity index is 1.82. The van der Waals surface area contributed by atoms with Crippen molar-refractivity contribution in [2.24, 2.45) is 0 Å². The van der Waals surface area contributed by atoms with E-state index in [0.29, 0.717) is 27.0 Å². The zero-order valence-corrected chi connectivity index (χ0v) is 23.0. The number of aliphatic hydroxyl groups is 1. The van der Waals surface area contributed by atoms with Crippen molar-refractivity contribution in [1.82, 2.24) is 4.90 Å². The highest BCUT2D eigenvalue weighted by molar-refractivity contribution is 7.23. The third-order valence-corrected chi connectivity index (χ3v) is 8.21. The first-order valence-corrected chi connectivity index (χ1v) is 14.6. The number of unbranched alkanes of at least 4 members (excludes halogenated alkanes) is 8. The summed E-state index contributed by atoms with van der Waals surface area (Å²) in [6.45, 7) is 6.84. The molecule has 1 atom stereocenters. The van der Waals surface area contributed by atoms with Crippen LogP contribution < -0.4 is 0 Å². The lowest BCUT2D eigenvalue weighted by Crippen LogP contribution is -2.31. The molecule has 0 aliphatic carbocycles. The predicted molar refractivity (Wildman–Crippen MR) is 148 cm³/mol. The summed E-state index contributed by atoms with van der Waals surface area (Å²) < 4.78 is 41.3. The molecular weight excluding hydrogens is 503 g/mol. The van der Waals surface area contributed by atoms with Gasteiger partial charge in [-0.2, -0.15) is 13.2 Å². The van der Waals surface area contributed by atoms with Crippen LogP contribution in [0.1, 0.15) is 95.3 Å². The van der Waals surface area contributed by atoms with Crippen LogP contribution in [0.15, 0.2) is 30.3 Å². The van der Waals surface area contributed by atoms with Crippen molar-refractivity contribution in [1.29, 1.82) is 0 Å². The van der Waals surface area contributed by atoms with Gasteiger partial charge in [0, 0.05) is 22.2 Å². The maximum absolute atomic E-state index is 13.3. The van der Waals surface area contributed by atoms with E-state index < -0.39 is 17.8 Å². The molecule has 3 rings (SSSR count). The Labute approximate surface area is 222 Å². The van der Waals surface area contributed by atoms with Gasteiger partial charge in [0.1, 0.15) is 0 Å². The van der Waals surface area contributed by atoms with Gasteiger partial charge in [0.05, 0.1) is 16.0 Å². The second-order valence-electron chi connectivity index (χ2n) is 9.84. The Morgan fingerprint density at radius 2 is 1.47 bits per heavy atom. The Kier molecular flexibility index (Phi) is 11.4. The number of aliphatic hydroxyl groups excluding tert-OH is 1. The third kappa shape index (κ3) is 8.08. The molecule has 2 aromatic carbocycles. The lowest BCUT2D eigenvalue weighted by atomic mass is 9.98. The summed E-state index contributed by atoms with van der Waals surface area (Å²) in [7, 11) is 0. The number of hydrogen-bond acceptors (Lipinski definition) is 3. The first kappa shape index (κ1) is 29.2. The van der Waals surface area contributed by atoms with E-state index in [-0.39, 0.29) is 0 Å². The van der Waals surface area contributed by atoms with Gasteiger partial charge in [0.25, 0.3) is 0 Å². The van der Waals surface area contributed by atoms with Crippen molar-refractivity contribution in [2.75, 3.05) is 19.6 Å². The number of rotatable bonds is 15. The van der Waals surface area contributed by atoms with Crippen molar-refractivity contribution in [3.8, 4) is 0 Å². The van der Waals surface area contributed by atoms with Crippen LogP contribution in [0.5, 0.6) is 0 Å². The molecule has 2 nitrogen and oxygen atoms in total. The number of fused-ring (bicyclic) bond motifs is 3. The molecular formula is C29H39ClF3NOS. The molecule has 1 heterocycles. The summed E-state index contributed by atoms with van der Waals surface area (Å²) in [5, 5.41) is 13.2. The van der Waals surface area contributed by atoms with Crippen LogP contribution in [0.3, 0.4) is 0 Å². The second-order valence-corrected chi connectivity index (χ2v) is 11.5. The molecule has 0 aliphatic heterocycles. The molecule has 1 aromatic heterocycles. The van der Waals surface area contributed by atoms with E-state index in [1.165, 1.54) is 74.8 Å². The van der Waals surface area contributed by atoms with E-state index >= 15 is 0 Å². The summed E-state index contributed by atoms with van der Waals surface area (Å²) in [6, 6.07) is 7.36. The lowest BCUT2D eigenvalue weighted by Gasteiger charge is -2.26. The van der Waals surface area contributed by atoms with Crippen LogP contribution >= 0.6 is 22.9 Å². The number of hydrogen-bond donors (Lipinski definition) is 1. The van der Waals surface area contributed by atoms with Crippen LogP contribution in [-0.4, -0.2) is 29.6 Å². The van der Waals surface area contributed by atoms with Crippen molar-refractivity contribution < 1.29 is 18.3 Å². The fourth-order valence-electron chi connectivity index (χ4n) is 4.86. The standard InChI is InChI=1S/C29H39ClF3NOS/c1-3-5-7-9-11-15-34(16-12-10-8-6-4-2)20-26(35)25-17-21-13-14-22(29(31,32)33)18-23(21)24-19-27(30)36-28(24)25/h13-14,17-19,26,35H,3-12,15-16,20H2,1-2H3. The van der Waals surface area contributed by atoms with Crippen molar-refractivity contribution >= 4 is 43.8 Å². The van der Waals surface area contributed by atoms with Crippen LogP contribution in [0.2, 0.25) is 4.34 Å². The predicted octanol–water partition coefficient (Wildman–Crippen LogP) is 10.0. The fraction of sp³-hybridized carbons (Fsp3) is 0.586. The molecule has 200 valence electrons. The molecule has 1 unspecified atom stereocenters. The topological polar surface area (TPSA) is 23.5 Å². The highest BCUT2D eigenvalue weighted by atomic mass is 35.5. The van der Waals surface area contributed by atoms with Crippen LogP contribution in [0, 0.1) is 0 Å². The highest BCUT2D eigenvalue weighted by Gasteiger charge is 2.31. The van der Waals surface area contributed by atoms with Gasteiger partial charge in [-0.1, -0.05) is 82.9 Å². The van der Waals surface area contributed by atoms with Gasteiger partial charge in [0.15, 0.2) is 0 Å². The molecule has 7 heteroatoms. The van der Waals surface area contributed by atoms with E-state index in [2.05, 4.69) is 18.7 Å². The summed E-state index contributed by atoms with van der Waals surface area (Å²) in [4.78, 5) is 2.36. The monoisotopic (exact) mass is 541 g/mol. The minimum Gasteiger partial charge on any atom is -0.387 e. The average molecular weight is 542 g/mol. The minimum atomic E-state index is -4.41. The van der Waals surface area contributed by atoms with E-state index in [1.807, 2.05) is 6.07 Å². The summed E-state index contributed by atoms with van der Waals surface area (Å²) in [5.41, 5.74) is 0.0698. The summed E-state index contributed by atoms with van der Waals surface area (Å²) in [6.07, 6.45) is 6.88. The van der Waals surface area contributed by atoms with E-state index in [4.69, 9.17) is 11.6 Å².